The minimum absolute atomic E-state index is 0.187. The largest absolute Gasteiger partial charge is 0.384 e. The summed E-state index contributed by atoms with van der Waals surface area (Å²) in [6.07, 6.45) is 1.58. The molecule has 0 spiro atoms. The summed E-state index contributed by atoms with van der Waals surface area (Å²) in [5, 5.41) is 7.30. The summed E-state index contributed by atoms with van der Waals surface area (Å²) < 4.78 is 6.35. The summed E-state index contributed by atoms with van der Waals surface area (Å²) in [4.78, 5) is 11.7. The van der Waals surface area contributed by atoms with Crippen molar-refractivity contribution >= 4 is 17.3 Å². The van der Waals surface area contributed by atoms with Crippen LogP contribution in [0.15, 0.2) is 11.0 Å². The van der Waals surface area contributed by atoms with Gasteiger partial charge in [0.05, 0.1) is 18.5 Å². The highest BCUT2D eigenvalue weighted by atomic mass is 35.5. The van der Waals surface area contributed by atoms with Crippen LogP contribution in [-0.4, -0.2) is 30.0 Å². The molecular formula is C11H18ClN3O2. The van der Waals surface area contributed by atoms with Gasteiger partial charge in [-0.25, -0.2) is 4.68 Å². The quantitative estimate of drug-likeness (QED) is 0.843. The van der Waals surface area contributed by atoms with Crippen molar-refractivity contribution in [1.82, 2.24) is 9.78 Å². The van der Waals surface area contributed by atoms with Crippen molar-refractivity contribution in [2.24, 2.45) is 5.92 Å². The van der Waals surface area contributed by atoms with E-state index in [2.05, 4.69) is 10.4 Å². The first-order valence-corrected chi connectivity index (χ1v) is 5.96. The summed E-state index contributed by atoms with van der Waals surface area (Å²) in [7, 11) is 1.66. The van der Waals surface area contributed by atoms with E-state index in [1.165, 1.54) is 4.68 Å². The Labute approximate surface area is 106 Å². The van der Waals surface area contributed by atoms with Gasteiger partial charge in [-0.05, 0) is 12.8 Å². The fourth-order valence-corrected chi connectivity index (χ4v) is 1.65. The van der Waals surface area contributed by atoms with E-state index < -0.39 is 0 Å². The number of aromatic nitrogens is 2. The van der Waals surface area contributed by atoms with Crippen molar-refractivity contribution < 1.29 is 4.74 Å². The molecule has 0 aliphatic rings. The predicted molar refractivity (Wildman–Crippen MR) is 68.7 cm³/mol. The van der Waals surface area contributed by atoms with Gasteiger partial charge in [0, 0.05) is 20.2 Å². The molecule has 1 aromatic rings. The standard InChI is InChI=1S/C11H18ClN3O2/c1-4-15-11(16)10(12)9(6-14-15)13-5-8(2)7-17-3/h6,8,13H,4-5,7H2,1-3H3. The van der Waals surface area contributed by atoms with E-state index in [1.54, 1.807) is 13.3 Å². The van der Waals surface area contributed by atoms with Crippen molar-refractivity contribution in [3.63, 3.8) is 0 Å². The van der Waals surface area contributed by atoms with Gasteiger partial charge in [0.25, 0.3) is 5.56 Å². The molecule has 5 nitrogen and oxygen atoms in total. The van der Waals surface area contributed by atoms with Crippen molar-refractivity contribution in [2.75, 3.05) is 25.6 Å². The monoisotopic (exact) mass is 259 g/mol. The van der Waals surface area contributed by atoms with E-state index in [0.717, 1.165) is 0 Å². The van der Waals surface area contributed by atoms with E-state index in [0.29, 0.717) is 31.3 Å². The zero-order valence-corrected chi connectivity index (χ0v) is 11.1. The lowest BCUT2D eigenvalue weighted by atomic mass is 10.2. The first kappa shape index (κ1) is 14.0. The molecule has 17 heavy (non-hydrogen) atoms. The number of aryl methyl sites for hydroxylation is 1. The van der Waals surface area contributed by atoms with Crippen LogP contribution in [-0.2, 0) is 11.3 Å². The zero-order chi connectivity index (χ0) is 12.8. The van der Waals surface area contributed by atoms with E-state index in [4.69, 9.17) is 16.3 Å². The number of hydrogen-bond donors (Lipinski definition) is 1. The minimum atomic E-state index is -0.265. The van der Waals surface area contributed by atoms with Crippen LogP contribution >= 0.6 is 11.6 Å². The Balaban J connectivity index is 2.73. The van der Waals surface area contributed by atoms with Crippen molar-refractivity contribution in [2.45, 2.75) is 20.4 Å². The van der Waals surface area contributed by atoms with Gasteiger partial charge in [0.1, 0.15) is 5.02 Å². The van der Waals surface area contributed by atoms with Crippen molar-refractivity contribution in [3.8, 4) is 0 Å². The van der Waals surface area contributed by atoms with Crippen LogP contribution < -0.4 is 10.9 Å². The number of halogens is 1. The predicted octanol–water partition coefficient (Wildman–Crippen LogP) is 1.61. The highest BCUT2D eigenvalue weighted by Crippen LogP contribution is 2.15. The number of ether oxygens (including phenoxy) is 1. The zero-order valence-electron chi connectivity index (χ0n) is 10.4. The second-order valence-electron chi connectivity index (χ2n) is 3.93. The number of hydrogen-bond acceptors (Lipinski definition) is 4. The van der Waals surface area contributed by atoms with Crippen LogP contribution in [0.3, 0.4) is 0 Å². The Morgan fingerprint density at radius 1 is 1.65 bits per heavy atom. The summed E-state index contributed by atoms with van der Waals surface area (Å²) >= 11 is 5.97. The van der Waals surface area contributed by atoms with Gasteiger partial charge >= 0.3 is 0 Å². The molecule has 1 heterocycles. The number of anilines is 1. The smallest absolute Gasteiger partial charge is 0.287 e. The number of methoxy groups -OCH3 is 1. The van der Waals surface area contributed by atoms with Gasteiger partial charge in [-0.2, -0.15) is 5.10 Å². The van der Waals surface area contributed by atoms with Gasteiger partial charge < -0.3 is 10.1 Å². The molecule has 0 aliphatic heterocycles. The Kier molecular flexibility index (Phi) is 5.44. The summed E-state index contributed by atoms with van der Waals surface area (Å²) in [6.45, 7) is 5.75. The van der Waals surface area contributed by atoms with E-state index in [1.807, 2.05) is 13.8 Å². The topological polar surface area (TPSA) is 56.1 Å². The molecule has 0 bridgehead atoms. The van der Waals surface area contributed by atoms with Crippen LogP contribution in [0.2, 0.25) is 5.02 Å². The van der Waals surface area contributed by atoms with Crippen LogP contribution in [0.1, 0.15) is 13.8 Å². The first-order chi connectivity index (χ1) is 8.10. The Bertz CT molecular complexity index is 420. The summed E-state index contributed by atoms with van der Waals surface area (Å²) in [6, 6.07) is 0. The molecule has 1 N–H and O–H groups in total. The summed E-state index contributed by atoms with van der Waals surface area (Å²) in [5.41, 5.74) is 0.308. The first-order valence-electron chi connectivity index (χ1n) is 5.58. The van der Waals surface area contributed by atoms with Crippen LogP contribution in [0.25, 0.3) is 0 Å². The molecule has 6 heteroatoms. The van der Waals surface area contributed by atoms with Crippen molar-refractivity contribution in [1.29, 1.82) is 0 Å². The molecule has 0 amide bonds. The maximum atomic E-state index is 11.7. The molecule has 96 valence electrons. The average Bonchev–Trinajstić information content (AvgIpc) is 2.31. The van der Waals surface area contributed by atoms with Gasteiger partial charge in [-0.3, -0.25) is 4.79 Å². The Morgan fingerprint density at radius 3 is 2.94 bits per heavy atom. The van der Waals surface area contributed by atoms with Crippen molar-refractivity contribution in [3.05, 3.63) is 21.6 Å². The third-order valence-corrected chi connectivity index (χ3v) is 2.74. The van der Waals surface area contributed by atoms with Gasteiger partial charge in [-0.15, -0.1) is 0 Å². The van der Waals surface area contributed by atoms with Crippen LogP contribution in [0.4, 0.5) is 5.69 Å². The molecule has 1 aromatic heterocycles. The third-order valence-electron chi connectivity index (χ3n) is 2.38. The average molecular weight is 260 g/mol. The molecule has 0 saturated heterocycles. The lowest BCUT2D eigenvalue weighted by Crippen LogP contribution is -2.24. The third kappa shape index (κ3) is 3.71. The highest BCUT2D eigenvalue weighted by Gasteiger charge is 2.09. The number of nitrogens with one attached hydrogen (secondary N) is 1. The fourth-order valence-electron chi connectivity index (χ4n) is 1.44. The number of nitrogens with zero attached hydrogens (tertiary/aromatic N) is 2. The SMILES string of the molecule is CCn1ncc(NCC(C)COC)c(Cl)c1=O. The number of rotatable bonds is 6. The van der Waals surface area contributed by atoms with Crippen LogP contribution in [0, 0.1) is 5.92 Å². The van der Waals surface area contributed by atoms with Gasteiger partial charge in [0.15, 0.2) is 0 Å². The molecule has 0 radical (unpaired) electrons. The molecule has 0 fully saturated rings. The van der Waals surface area contributed by atoms with Crippen LogP contribution in [0.5, 0.6) is 0 Å². The molecule has 0 aromatic carbocycles. The Morgan fingerprint density at radius 2 is 2.35 bits per heavy atom. The molecule has 1 atom stereocenters. The second-order valence-corrected chi connectivity index (χ2v) is 4.31. The van der Waals surface area contributed by atoms with E-state index in [-0.39, 0.29) is 10.6 Å². The molecule has 0 aliphatic carbocycles. The van der Waals surface area contributed by atoms with E-state index in [9.17, 15) is 4.79 Å². The van der Waals surface area contributed by atoms with E-state index >= 15 is 0 Å². The minimum Gasteiger partial charge on any atom is -0.384 e. The Hall–Kier alpha value is -1.07. The van der Waals surface area contributed by atoms with Gasteiger partial charge in [0.2, 0.25) is 0 Å². The molecule has 0 saturated carbocycles. The lowest BCUT2D eigenvalue weighted by molar-refractivity contribution is 0.164. The lowest BCUT2D eigenvalue weighted by Gasteiger charge is -2.13. The summed E-state index contributed by atoms with van der Waals surface area (Å²) in [5.74, 6) is 0.338. The normalized spacial score (nSPS) is 12.5. The second kappa shape index (κ2) is 6.61. The highest BCUT2D eigenvalue weighted by molar-refractivity contribution is 6.32. The van der Waals surface area contributed by atoms with Gasteiger partial charge in [-0.1, -0.05) is 18.5 Å². The maximum Gasteiger partial charge on any atom is 0.287 e. The molecular weight excluding hydrogens is 242 g/mol. The fraction of sp³-hybridized carbons (Fsp3) is 0.636. The maximum absolute atomic E-state index is 11.7. The molecule has 1 unspecified atom stereocenters. The molecule has 1 rings (SSSR count).